The topological polar surface area (TPSA) is 37.4 Å². The maximum Gasteiger partial charge on any atom is 0.270 e. The van der Waals surface area contributed by atoms with Crippen LogP contribution in [-0.4, -0.2) is 15.0 Å². The van der Waals surface area contributed by atoms with Crippen molar-refractivity contribution < 1.29 is 21.6 Å². The molecule has 1 heterocycles. The van der Waals surface area contributed by atoms with Crippen molar-refractivity contribution in [2.75, 3.05) is 10.8 Å². The number of fused-ring (bicyclic) bond motifs is 1. The van der Waals surface area contributed by atoms with Gasteiger partial charge in [0, 0.05) is 24.6 Å². The lowest BCUT2D eigenvalue weighted by atomic mass is 9.93. The molecule has 4 rings (SSSR count). The van der Waals surface area contributed by atoms with E-state index < -0.39 is 21.8 Å². The van der Waals surface area contributed by atoms with Gasteiger partial charge in [-0.05, 0) is 66.3 Å². The van der Waals surface area contributed by atoms with E-state index in [-0.39, 0.29) is 33.5 Å². The van der Waals surface area contributed by atoms with E-state index in [0.717, 1.165) is 18.6 Å². The molecule has 0 fully saturated rings. The molecule has 0 amide bonds. The van der Waals surface area contributed by atoms with Crippen molar-refractivity contribution in [3.05, 3.63) is 93.8 Å². The van der Waals surface area contributed by atoms with Crippen molar-refractivity contribution >= 4 is 39.0 Å². The quantitative estimate of drug-likeness (QED) is 0.326. The predicted octanol–water partition coefficient (Wildman–Crippen LogP) is 7.54. The normalized spacial score (nSPS) is 16.8. The Hall–Kier alpha value is -2.77. The Morgan fingerprint density at radius 3 is 2.51 bits per heavy atom. The molecule has 3 aromatic carbocycles. The highest BCUT2D eigenvalue weighted by atomic mass is 35.5. The first-order valence-electron chi connectivity index (χ1n) is 11.1. The number of rotatable bonds is 5. The number of sulfonamides is 1. The second-order valence-corrected chi connectivity index (χ2v) is 11.3. The molecule has 35 heavy (non-hydrogen) atoms. The fraction of sp³-hybridized carbons (Fsp3) is 0.259. The smallest absolute Gasteiger partial charge is 0.266 e. The molecule has 8 heteroatoms. The van der Waals surface area contributed by atoms with E-state index in [1.807, 2.05) is 19.1 Å². The summed E-state index contributed by atoms with van der Waals surface area (Å²) in [5.41, 5.74) is 2.50. The lowest BCUT2D eigenvalue weighted by Crippen LogP contribution is -2.39. The van der Waals surface area contributed by atoms with Gasteiger partial charge in [-0.1, -0.05) is 54.9 Å². The summed E-state index contributed by atoms with van der Waals surface area (Å²) in [6, 6.07) is 14.8. The summed E-state index contributed by atoms with van der Waals surface area (Å²) in [5, 5.41) is 0.280. The van der Waals surface area contributed by atoms with Gasteiger partial charge in [0.2, 0.25) is 0 Å². The molecular weight excluding hydrogens is 495 g/mol. The number of allylic oxidation sites excluding steroid dienone is 1. The molecule has 3 nitrogen and oxygen atoms in total. The van der Waals surface area contributed by atoms with Crippen LogP contribution in [0.3, 0.4) is 0 Å². The molecule has 1 aliphatic rings. The van der Waals surface area contributed by atoms with Crippen LogP contribution in [0, 0.1) is 11.7 Å². The van der Waals surface area contributed by atoms with Crippen molar-refractivity contribution in [1.29, 1.82) is 0 Å². The second-order valence-electron chi connectivity index (χ2n) is 9.07. The zero-order chi connectivity index (χ0) is 25.5. The van der Waals surface area contributed by atoms with Gasteiger partial charge in [0.1, 0.15) is 5.82 Å². The number of benzene rings is 3. The molecule has 0 bridgehead atoms. The maximum absolute atomic E-state index is 14.4. The van der Waals surface area contributed by atoms with E-state index in [1.54, 1.807) is 25.1 Å². The van der Waals surface area contributed by atoms with E-state index in [4.69, 9.17) is 11.6 Å². The van der Waals surface area contributed by atoms with Crippen LogP contribution < -0.4 is 4.31 Å². The van der Waals surface area contributed by atoms with E-state index in [1.165, 1.54) is 34.6 Å². The SMILES string of the molecule is CC(=Cc1ccc2c(c1)N(S(=O)(=O)c1cccc(C(C)(F)F)c1)CC(C)C2)c1c(F)cccc1Cl. The van der Waals surface area contributed by atoms with Gasteiger partial charge < -0.3 is 0 Å². The van der Waals surface area contributed by atoms with Crippen LogP contribution in [0.25, 0.3) is 11.6 Å². The lowest BCUT2D eigenvalue weighted by Gasteiger charge is -2.34. The molecule has 0 radical (unpaired) electrons. The van der Waals surface area contributed by atoms with Gasteiger partial charge in [0.15, 0.2) is 0 Å². The van der Waals surface area contributed by atoms with Gasteiger partial charge in [0.25, 0.3) is 15.9 Å². The Labute approximate surface area is 208 Å². The predicted molar refractivity (Wildman–Crippen MR) is 135 cm³/mol. The van der Waals surface area contributed by atoms with Crippen LogP contribution in [0.5, 0.6) is 0 Å². The van der Waals surface area contributed by atoms with Crippen LogP contribution in [0.2, 0.25) is 5.02 Å². The molecule has 3 aromatic rings. The van der Waals surface area contributed by atoms with Crippen LogP contribution in [0.4, 0.5) is 18.9 Å². The maximum atomic E-state index is 14.4. The van der Waals surface area contributed by atoms with Gasteiger partial charge in [0.05, 0.1) is 15.6 Å². The fourth-order valence-corrected chi connectivity index (χ4v) is 6.35. The molecule has 0 saturated heterocycles. The molecule has 0 N–H and O–H groups in total. The monoisotopic (exact) mass is 519 g/mol. The highest BCUT2D eigenvalue weighted by Crippen LogP contribution is 2.37. The second kappa shape index (κ2) is 9.36. The summed E-state index contributed by atoms with van der Waals surface area (Å²) < 4.78 is 70.7. The minimum atomic E-state index is -4.10. The first-order chi connectivity index (χ1) is 16.4. The standard InChI is InChI=1S/C27H25ClF3NO2S/c1-17-12-20-11-10-19(13-18(2)26-23(28)8-5-9-24(26)29)14-25(20)32(16-17)35(33,34)22-7-4-6-21(15-22)27(3,30)31/h4-11,13-15,17H,12,16H2,1-3H3. The van der Waals surface area contributed by atoms with Crippen LogP contribution in [0.1, 0.15) is 43.0 Å². The molecule has 184 valence electrons. The van der Waals surface area contributed by atoms with E-state index >= 15 is 0 Å². The van der Waals surface area contributed by atoms with Crippen LogP contribution in [-0.2, 0) is 22.4 Å². The summed E-state index contributed by atoms with van der Waals surface area (Å²) in [5.74, 6) is -3.58. The molecule has 1 aliphatic heterocycles. The Morgan fingerprint density at radius 2 is 1.83 bits per heavy atom. The van der Waals surface area contributed by atoms with Crippen molar-refractivity contribution in [2.45, 2.75) is 38.0 Å². The summed E-state index contributed by atoms with van der Waals surface area (Å²) in [6.07, 6.45) is 2.42. The van der Waals surface area contributed by atoms with E-state index in [0.29, 0.717) is 23.2 Å². The number of alkyl halides is 2. The first kappa shape index (κ1) is 25.3. The third-order valence-electron chi connectivity index (χ3n) is 6.09. The van der Waals surface area contributed by atoms with E-state index in [2.05, 4.69) is 0 Å². The van der Waals surface area contributed by atoms with Gasteiger partial charge in [-0.15, -0.1) is 0 Å². The highest BCUT2D eigenvalue weighted by molar-refractivity contribution is 7.92. The molecular formula is C27H25ClF3NO2S. The zero-order valence-corrected chi connectivity index (χ0v) is 21.1. The van der Waals surface area contributed by atoms with Crippen molar-refractivity contribution in [3.8, 4) is 0 Å². The Balaban J connectivity index is 1.79. The minimum Gasteiger partial charge on any atom is -0.266 e. The number of nitrogens with zero attached hydrogens (tertiary/aromatic N) is 1. The Kier molecular flexibility index (Phi) is 6.77. The molecule has 0 spiro atoms. The Morgan fingerprint density at radius 1 is 1.11 bits per heavy atom. The van der Waals surface area contributed by atoms with Crippen LogP contribution >= 0.6 is 11.6 Å². The van der Waals surface area contributed by atoms with E-state index in [9.17, 15) is 21.6 Å². The zero-order valence-electron chi connectivity index (χ0n) is 19.5. The number of hydrogen-bond acceptors (Lipinski definition) is 2. The van der Waals surface area contributed by atoms with Crippen molar-refractivity contribution in [3.63, 3.8) is 0 Å². The number of halogens is 4. The summed E-state index contributed by atoms with van der Waals surface area (Å²) in [4.78, 5) is -0.188. The summed E-state index contributed by atoms with van der Waals surface area (Å²) >= 11 is 6.20. The summed E-state index contributed by atoms with van der Waals surface area (Å²) in [6.45, 7) is 4.63. The molecule has 0 aromatic heterocycles. The molecule has 0 saturated carbocycles. The van der Waals surface area contributed by atoms with Gasteiger partial charge in [-0.3, -0.25) is 4.31 Å². The van der Waals surface area contributed by atoms with Gasteiger partial charge >= 0.3 is 0 Å². The average molecular weight is 520 g/mol. The van der Waals surface area contributed by atoms with Crippen molar-refractivity contribution in [1.82, 2.24) is 0 Å². The average Bonchev–Trinajstić information content (AvgIpc) is 2.78. The Bertz CT molecular complexity index is 1390. The minimum absolute atomic E-state index is 0.0356. The van der Waals surface area contributed by atoms with Gasteiger partial charge in [-0.25, -0.2) is 21.6 Å². The summed E-state index contributed by atoms with van der Waals surface area (Å²) in [7, 11) is -4.10. The van der Waals surface area contributed by atoms with Crippen LogP contribution in [0.15, 0.2) is 65.6 Å². The lowest BCUT2D eigenvalue weighted by molar-refractivity contribution is 0.0172. The van der Waals surface area contributed by atoms with Crippen molar-refractivity contribution in [2.24, 2.45) is 5.92 Å². The highest BCUT2D eigenvalue weighted by Gasteiger charge is 2.33. The molecule has 1 atom stereocenters. The molecule has 0 aliphatic carbocycles. The third-order valence-corrected chi connectivity index (χ3v) is 8.18. The molecule has 1 unspecified atom stereocenters. The number of hydrogen-bond donors (Lipinski definition) is 0. The fourth-order valence-electron chi connectivity index (χ4n) is 4.38. The number of anilines is 1. The first-order valence-corrected chi connectivity index (χ1v) is 13.0. The third kappa shape index (κ3) is 5.11. The van der Waals surface area contributed by atoms with Gasteiger partial charge in [-0.2, -0.15) is 0 Å². The largest absolute Gasteiger partial charge is 0.270 e.